The first-order valence-corrected chi connectivity index (χ1v) is 4.46. The fraction of sp³-hybridized carbons (Fsp3) is 0.556. The molecule has 6 heteroatoms. The normalized spacial score (nSPS) is 12.1. The Kier molecular flexibility index (Phi) is 3.16. The van der Waals surface area contributed by atoms with Crippen LogP contribution in [-0.4, -0.2) is 9.97 Å². The van der Waals surface area contributed by atoms with Crippen molar-refractivity contribution in [3.8, 4) is 0 Å². The average Bonchev–Trinajstić information content (AvgIpc) is 1.99. The number of H-pyrrole nitrogens is 1. The van der Waals surface area contributed by atoms with Gasteiger partial charge in [-0.2, -0.15) is 13.2 Å². The van der Waals surface area contributed by atoms with E-state index in [9.17, 15) is 18.0 Å². The molecule has 15 heavy (non-hydrogen) atoms. The van der Waals surface area contributed by atoms with E-state index in [0.717, 1.165) is 0 Å². The molecule has 0 saturated heterocycles. The van der Waals surface area contributed by atoms with Crippen molar-refractivity contribution in [3.05, 3.63) is 27.9 Å². The molecule has 1 aromatic rings. The van der Waals surface area contributed by atoms with Gasteiger partial charge < -0.3 is 4.98 Å². The number of aromatic amines is 1. The van der Waals surface area contributed by atoms with Gasteiger partial charge in [-0.1, -0.05) is 13.8 Å². The summed E-state index contributed by atoms with van der Waals surface area (Å²) in [5, 5.41) is 0. The highest BCUT2D eigenvalue weighted by atomic mass is 19.4. The number of rotatable bonds is 2. The number of hydrogen-bond donors (Lipinski definition) is 1. The van der Waals surface area contributed by atoms with Crippen LogP contribution < -0.4 is 5.56 Å². The van der Waals surface area contributed by atoms with Crippen molar-refractivity contribution < 1.29 is 13.2 Å². The summed E-state index contributed by atoms with van der Waals surface area (Å²) in [6.45, 7) is 3.67. The molecule has 84 valence electrons. The van der Waals surface area contributed by atoms with Gasteiger partial charge in [-0.25, -0.2) is 4.98 Å². The highest BCUT2D eigenvalue weighted by Gasteiger charge is 2.33. The zero-order valence-corrected chi connectivity index (χ0v) is 8.35. The summed E-state index contributed by atoms with van der Waals surface area (Å²) in [5.74, 6) is 0.210. The Morgan fingerprint density at radius 2 is 2.07 bits per heavy atom. The SMILES string of the molecule is CC(C)Cc1nc(C(F)(F)F)cc(=O)[nH]1. The maximum atomic E-state index is 12.3. The maximum absolute atomic E-state index is 12.3. The topological polar surface area (TPSA) is 45.8 Å². The predicted molar refractivity (Wildman–Crippen MR) is 48.4 cm³/mol. The molecule has 0 spiro atoms. The van der Waals surface area contributed by atoms with Crippen molar-refractivity contribution >= 4 is 0 Å². The summed E-state index contributed by atoms with van der Waals surface area (Å²) < 4.78 is 36.8. The molecule has 1 rings (SSSR count). The minimum absolute atomic E-state index is 0.0739. The average molecular weight is 220 g/mol. The molecular formula is C9H11F3N2O. The smallest absolute Gasteiger partial charge is 0.311 e. The van der Waals surface area contributed by atoms with Gasteiger partial charge in [-0.15, -0.1) is 0 Å². The van der Waals surface area contributed by atoms with Crippen LogP contribution in [0.25, 0.3) is 0 Å². The zero-order chi connectivity index (χ0) is 11.6. The number of alkyl halides is 3. The fourth-order valence-corrected chi connectivity index (χ4v) is 1.14. The highest BCUT2D eigenvalue weighted by molar-refractivity contribution is 5.06. The van der Waals surface area contributed by atoms with E-state index in [2.05, 4.69) is 9.97 Å². The molecule has 1 N–H and O–H groups in total. The maximum Gasteiger partial charge on any atom is 0.433 e. The summed E-state index contributed by atoms with van der Waals surface area (Å²) in [6, 6.07) is 0.462. The molecular weight excluding hydrogens is 209 g/mol. The number of halogens is 3. The third-order valence-corrected chi connectivity index (χ3v) is 1.68. The van der Waals surface area contributed by atoms with Crippen LogP contribution in [-0.2, 0) is 12.6 Å². The van der Waals surface area contributed by atoms with Crippen LogP contribution in [0.3, 0.4) is 0 Å². The molecule has 0 fully saturated rings. The van der Waals surface area contributed by atoms with Crippen molar-refractivity contribution in [2.24, 2.45) is 5.92 Å². The highest BCUT2D eigenvalue weighted by Crippen LogP contribution is 2.26. The molecule has 0 amide bonds. The van der Waals surface area contributed by atoms with E-state index >= 15 is 0 Å². The predicted octanol–water partition coefficient (Wildman–Crippen LogP) is 1.99. The molecule has 3 nitrogen and oxygen atoms in total. The van der Waals surface area contributed by atoms with E-state index in [1.807, 2.05) is 13.8 Å². The molecule has 0 aromatic carbocycles. The minimum Gasteiger partial charge on any atom is -0.311 e. The van der Waals surface area contributed by atoms with Gasteiger partial charge in [-0.3, -0.25) is 4.79 Å². The lowest BCUT2D eigenvalue weighted by Crippen LogP contribution is -2.19. The largest absolute Gasteiger partial charge is 0.433 e. The summed E-state index contributed by atoms with van der Waals surface area (Å²) in [4.78, 5) is 16.6. The van der Waals surface area contributed by atoms with Crippen molar-refractivity contribution in [2.45, 2.75) is 26.4 Å². The number of hydrogen-bond acceptors (Lipinski definition) is 2. The lowest BCUT2D eigenvalue weighted by molar-refractivity contribution is -0.141. The van der Waals surface area contributed by atoms with Gasteiger partial charge in [0.2, 0.25) is 0 Å². The van der Waals surface area contributed by atoms with Crippen LogP contribution in [0.4, 0.5) is 13.2 Å². The molecule has 0 aliphatic rings. The fourth-order valence-electron chi connectivity index (χ4n) is 1.14. The lowest BCUT2D eigenvalue weighted by Gasteiger charge is -2.08. The van der Waals surface area contributed by atoms with Crippen molar-refractivity contribution in [1.82, 2.24) is 9.97 Å². The van der Waals surface area contributed by atoms with E-state index in [1.165, 1.54) is 0 Å². The second kappa shape index (κ2) is 4.04. The van der Waals surface area contributed by atoms with Crippen molar-refractivity contribution in [2.75, 3.05) is 0 Å². The van der Waals surface area contributed by atoms with Crippen molar-refractivity contribution in [3.63, 3.8) is 0 Å². The molecule has 0 unspecified atom stereocenters. The standard InChI is InChI=1S/C9H11F3N2O/c1-5(2)3-7-13-6(9(10,11)12)4-8(15)14-7/h4-5H,3H2,1-2H3,(H,13,14,15). The Morgan fingerprint density at radius 3 is 2.53 bits per heavy atom. The van der Waals surface area contributed by atoms with Gasteiger partial charge in [0.25, 0.3) is 5.56 Å². The Labute approximate surface area is 84.4 Å². The van der Waals surface area contributed by atoms with Crippen LogP contribution in [0.2, 0.25) is 0 Å². The Morgan fingerprint density at radius 1 is 1.47 bits per heavy atom. The van der Waals surface area contributed by atoms with Gasteiger partial charge in [0.1, 0.15) is 5.82 Å². The van der Waals surface area contributed by atoms with E-state index in [0.29, 0.717) is 12.5 Å². The van der Waals surface area contributed by atoms with Gasteiger partial charge >= 0.3 is 6.18 Å². The molecule has 0 saturated carbocycles. The quantitative estimate of drug-likeness (QED) is 0.828. The molecule has 0 aliphatic carbocycles. The third kappa shape index (κ3) is 3.38. The summed E-state index contributed by atoms with van der Waals surface area (Å²) >= 11 is 0. The molecule has 0 radical (unpaired) electrons. The van der Waals surface area contributed by atoms with E-state index in [1.54, 1.807) is 0 Å². The lowest BCUT2D eigenvalue weighted by atomic mass is 10.1. The third-order valence-electron chi connectivity index (χ3n) is 1.68. The first-order chi connectivity index (χ1) is 6.79. The molecule has 1 heterocycles. The number of aromatic nitrogens is 2. The van der Waals surface area contributed by atoms with Gasteiger partial charge in [-0.05, 0) is 5.92 Å². The van der Waals surface area contributed by atoms with E-state index in [4.69, 9.17) is 0 Å². The van der Waals surface area contributed by atoms with Gasteiger partial charge in [0.15, 0.2) is 5.69 Å². The first kappa shape index (κ1) is 11.7. The Hall–Kier alpha value is -1.33. The summed E-state index contributed by atoms with van der Waals surface area (Å²) in [5.41, 5.74) is -1.91. The summed E-state index contributed by atoms with van der Waals surface area (Å²) in [7, 11) is 0. The van der Waals surface area contributed by atoms with Crippen LogP contribution in [0.5, 0.6) is 0 Å². The zero-order valence-electron chi connectivity index (χ0n) is 8.35. The number of nitrogens with one attached hydrogen (secondary N) is 1. The molecule has 1 aromatic heterocycles. The van der Waals surface area contributed by atoms with E-state index in [-0.39, 0.29) is 11.7 Å². The first-order valence-electron chi connectivity index (χ1n) is 4.46. The monoisotopic (exact) mass is 220 g/mol. The van der Waals surface area contributed by atoms with Gasteiger partial charge in [0, 0.05) is 12.5 Å². The molecule has 0 aliphatic heterocycles. The number of nitrogens with zero attached hydrogens (tertiary/aromatic N) is 1. The van der Waals surface area contributed by atoms with Crippen LogP contribution in [0.15, 0.2) is 10.9 Å². The van der Waals surface area contributed by atoms with Gasteiger partial charge in [0.05, 0.1) is 0 Å². The summed E-state index contributed by atoms with van der Waals surface area (Å²) in [6.07, 6.45) is -4.25. The van der Waals surface area contributed by atoms with Crippen molar-refractivity contribution in [1.29, 1.82) is 0 Å². The Bertz CT molecular complexity index is 395. The molecule has 0 bridgehead atoms. The second-order valence-electron chi connectivity index (χ2n) is 3.67. The molecule has 0 atom stereocenters. The Balaban J connectivity index is 3.11. The van der Waals surface area contributed by atoms with E-state index < -0.39 is 17.4 Å². The second-order valence-corrected chi connectivity index (χ2v) is 3.67. The van der Waals surface area contributed by atoms with Crippen LogP contribution in [0.1, 0.15) is 25.4 Å². The van der Waals surface area contributed by atoms with Crippen LogP contribution >= 0.6 is 0 Å². The minimum atomic E-state index is -4.57. The van der Waals surface area contributed by atoms with Crippen LogP contribution in [0, 0.1) is 5.92 Å².